The second kappa shape index (κ2) is 11.7. The molecular weight excluding hydrogens is 691 g/mol. The van der Waals surface area contributed by atoms with Gasteiger partial charge in [0.15, 0.2) is 0 Å². The highest BCUT2D eigenvalue weighted by molar-refractivity contribution is 7.26. The van der Waals surface area contributed by atoms with E-state index < -0.39 is 0 Å². The van der Waals surface area contributed by atoms with Crippen molar-refractivity contribution in [2.24, 2.45) is 0 Å². The smallest absolute Gasteiger partial charge is 0.246 e. The summed E-state index contributed by atoms with van der Waals surface area (Å²) in [7, 11) is 0. The Hall–Kier alpha value is -7.08. The van der Waals surface area contributed by atoms with Crippen LogP contribution in [0, 0.1) is 0 Å². The molecule has 5 heteroatoms. The molecule has 0 amide bonds. The van der Waals surface area contributed by atoms with E-state index in [0.717, 1.165) is 38.5 Å². The van der Waals surface area contributed by atoms with Crippen LogP contribution in [-0.2, 0) is 0 Å². The van der Waals surface area contributed by atoms with Crippen LogP contribution in [0.3, 0.4) is 0 Å². The molecule has 0 aliphatic rings. The van der Waals surface area contributed by atoms with E-state index in [-0.39, 0.29) is 0 Å². The molecule has 0 saturated heterocycles. The van der Waals surface area contributed by atoms with Crippen molar-refractivity contribution in [3.05, 3.63) is 176 Å². The van der Waals surface area contributed by atoms with Crippen LogP contribution in [0.2, 0.25) is 0 Å². The van der Waals surface area contributed by atoms with E-state index in [2.05, 4.69) is 168 Å². The molecular formula is C50H29N3OS. The number of hydrogen-bond donors (Lipinski definition) is 0. The average Bonchev–Trinajstić information content (AvgIpc) is 3.93. The lowest BCUT2D eigenvalue weighted by Gasteiger charge is -2.09. The lowest BCUT2D eigenvalue weighted by Crippen LogP contribution is -1.92. The van der Waals surface area contributed by atoms with E-state index in [1.807, 2.05) is 23.6 Å². The maximum Gasteiger partial charge on any atom is 0.246 e. The first kappa shape index (κ1) is 30.4. The van der Waals surface area contributed by atoms with Gasteiger partial charge in [0.2, 0.25) is 5.71 Å². The number of rotatable bonds is 4. The zero-order valence-corrected chi connectivity index (χ0v) is 30.2. The van der Waals surface area contributed by atoms with Crippen molar-refractivity contribution >= 4 is 86.3 Å². The number of benzene rings is 8. The first-order valence-electron chi connectivity index (χ1n) is 18.5. The molecule has 0 saturated carbocycles. The third kappa shape index (κ3) is 4.64. The summed E-state index contributed by atoms with van der Waals surface area (Å²) in [6.07, 6.45) is 1.90. The lowest BCUT2D eigenvalue weighted by atomic mass is 9.97. The minimum Gasteiger partial charge on any atom is -0.436 e. The molecule has 0 aliphatic heterocycles. The van der Waals surface area contributed by atoms with Crippen molar-refractivity contribution in [2.45, 2.75) is 0 Å². The highest BCUT2D eigenvalue weighted by atomic mass is 32.1. The molecule has 4 heterocycles. The molecule has 0 N–H and O–H groups in total. The number of thiophene rings is 1. The fourth-order valence-electron chi connectivity index (χ4n) is 8.53. The molecule has 4 nitrogen and oxygen atoms in total. The minimum atomic E-state index is 0.559. The van der Waals surface area contributed by atoms with E-state index in [4.69, 9.17) is 14.4 Å². The van der Waals surface area contributed by atoms with Crippen LogP contribution in [0.5, 0.6) is 0 Å². The molecule has 55 heavy (non-hydrogen) atoms. The standard InChI is InChI=1S/C50H29N3OS/c1-2-13-35(14-3-1)53-42-18-7-6-16-37(42)40-27-33(21-24-43(40)53)31-11-8-12-32(26-31)34-20-23-39-46(28-34)55-45-19-9-17-38(47(39)45)41-29-51-49-48-36-15-5-4-10-30(36)22-25-44(48)54-50(49)52-41/h1-29H. The quantitative estimate of drug-likeness (QED) is 0.182. The van der Waals surface area contributed by atoms with Gasteiger partial charge in [-0.3, -0.25) is 0 Å². The Morgan fingerprint density at radius 3 is 2.15 bits per heavy atom. The summed E-state index contributed by atoms with van der Waals surface area (Å²) in [6, 6.07) is 60.9. The van der Waals surface area contributed by atoms with Gasteiger partial charge >= 0.3 is 0 Å². The Morgan fingerprint density at radius 2 is 1.24 bits per heavy atom. The normalized spacial score (nSPS) is 12.0. The van der Waals surface area contributed by atoms with E-state index in [9.17, 15) is 0 Å². The van der Waals surface area contributed by atoms with Crippen LogP contribution < -0.4 is 0 Å². The summed E-state index contributed by atoms with van der Waals surface area (Å²) >= 11 is 1.82. The Kier molecular flexibility index (Phi) is 6.47. The molecule has 12 rings (SSSR count). The highest BCUT2D eigenvalue weighted by Gasteiger charge is 2.18. The van der Waals surface area contributed by atoms with Gasteiger partial charge in [0.25, 0.3) is 0 Å². The molecule has 8 aromatic carbocycles. The van der Waals surface area contributed by atoms with Gasteiger partial charge in [0, 0.05) is 42.2 Å². The van der Waals surface area contributed by atoms with Crippen LogP contribution in [0.4, 0.5) is 0 Å². The summed E-state index contributed by atoms with van der Waals surface area (Å²) < 4.78 is 11.1. The van der Waals surface area contributed by atoms with Crippen LogP contribution in [0.25, 0.3) is 114 Å². The molecule has 0 spiro atoms. The predicted molar refractivity (Wildman–Crippen MR) is 230 cm³/mol. The van der Waals surface area contributed by atoms with E-state index in [1.165, 1.54) is 69.9 Å². The van der Waals surface area contributed by atoms with Crippen molar-refractivity contribution in [3.8, 4) is 39.2 Å². The Labute approximate surface area is 319 Å². The van der Waals surface area contributed by atoms with Gasteiger partial charge in [0.05, 0.1) is 28.3 Å². The van der Waals surface area contributed by atoms with Crippen molar-refractivity contribution in [1.82, 2.24) is 14.5 Å². The number of para-hydroxylation sites is 2. The maximum atomic E-state index is 6.30. The molecule has 256 valence electrons. The second-order valence-corrected chi connectivity index (χ2v) is 15.2. The van der Waals surface area contributed by atoms with E-state index in [0.29, 0.717) is 5.71 Å². The van der Waals surface area contributed by atoms with Crippen molar-refractivity contribution in [1.29, 1.82) is 0 Å². The zero-order valence-electron chi connectivity index (χ0n) is 29.4. The largest absolute Gasteiger partial charge is 0.436 e. The van der Waals surface area contributed by atoms with Gasteiger partial charge in [-0.2, -0.15) is 0 Å². The third-order valence-electron chi connectivity index (χ3n) is 11.1. The molecule has 0 radical (unpaired) electrons. The van der Waals surface area contributed by atoms with E-state index >= 15 is 0 Å². The maximum absolute atomic E-state index is 6.30. The number of furan rings is 1. The molecule has 4 aromatic heterocycles. The lowest BCUT2D eigenvalue weighted by molar-refractivity contribution is 0.654. The summed E-state index contributed by atoms with van der Waals surface area (Å²) in [5.41, 5.74) is 12.4. The molecule has 0 fully saturated rings. The molecule has 0 atom stereocenters. The third-order valence-corrected chi connectivity index (χ3v) is 12.2. The van der Waals surface area contributed by atoms with Crippen LogP contribution in [0.1, 0.15) is 0 Å². The van der Waals surface area contributed by atoms with E-state index in [1.54, 1.807) is 0 Å². The summed E-state index contributed by atoms with van der Waals surface area (Å²) in [5.74, 6) is 0. The number of fused-ring (bicyclic) bond motifs is 11. The van der Waals surface area contributed by atoms with Crippen LogP contribution in [0.15, 0.2) is 180 Å². The van der Waals surface area contributed by atoms with Gasteiger partial charge in [-0.05, 0) is 87.6 Å². The second-order valence-electron chi connectivity index (χ2n) is 14.2. The number of hydrogen-bond acceptors (Lipinski definition) is 4. The minimum absolute atomic E-state index is 0.559. The van der Waals surface area contributed by atoms with Gasteiger partial charge in [-0.25, -0.2) is 9.97 Å². The van der Waals surface area contributed by atoms with Gasteiger partial charge in [-0.1, -0.05) is 115 Å². The SMILES string of the molecule is c1ccc(-n2c3ccccc3c3cc(-c4cccc(-c5ccc6c(c5)sc5cccc(-c7cnc8c(n7)oc7ccc9ccccc9c78)c56)c4)ccc32)cc1. The monoisotopic (exact) mass is 719 g/mol. The fourth-order valence-corrected chi connectivity index (χ4v) is 9.71. The molecule has 0 bridgehead atoms. The molecule has 0 unspecified atom stereocenters. The predicted octanol–water partition coefficient (Wildman–Crippen LogP) is 14.0. The number of aromatic nitrogens is 3. The Morgan fingerprint density at radius 1 is 0.491 bits per heavy atom. The molecule has 12 aromatic rings. The van der Waals surface area contributed by atoms with Crippen molar-refractivity contribution in [3.63, 3.8) is 0 Å². The van der Waals surface area contributed by atoms with Crippen molar-refractivity contribution < 1.29 is 4.42 Å². The molecule has 0 aliphatic carbocycles. The van der Waals surface area contributed by atoms with Gasteiger partial charge in [0.1, 0.15) is 11.1 Å². The number of nitrogens with zero attached hydrogens (tertiary/aromatic N) is 3. The van der Waals surface area contributed by atoms with Gasteiger partial charge in [-0.15, -0.1) is 11.3 Å². The summed E-state index contributed by atoms with van der Waals surface area (Å²) in [5, 5.41) is 8.22. The average molecular weight is 720 g/mol. The summed E-state index contributed by atoms with van der Waals surface area (Å²) in [6.45, 7) is 0. The first-order chi connectivity index (χ1) is 27.2. The highest BCUT2D eigenvalue weighted by Crippen LogP contribution is 2.43. The summed E-state index contributed by atoms with van der Waals surface area (Å²) in [4.78, 5) is 10.0. The van der Waals surface area contributed by atoms with Crippen LogP contribution in [-0.4, -0.2) is 14.5 Å². The fraction of sp³-hybridized carbons (Fsp3) is 0. The topological polar surface area (TPSA) is 43.9 Å². The first-order valence-corrected chi connectivity index (χ1v) is 19.3. The Balaban J connectivity index is 0.939. The van der Waals surface area contributed by atoms with Crippen LogP contribution >= 0.6 is 11.3 Å². The zero-order chi connectivity index (χ0) is 36.0. The Bertz CT molecular complexity index is 3500. The van der Waals surface area contributed by atoms with Crippen molar-refractivity contribution in [2.75, 3.05) is 0 Å². The van der Waals surface area contributed by atoms with Gasteiger partial charge < -0.3 is 8.98 Å².